The fourth-order valence-corrected chi connectivity index (χ4v) is 2.33. The smallest absolute Gasteiger partial charge is 0.251 e. The predicted octanol–water partition coefficient (Wildman–Crippen LogP) is 3.20. The Labute approximate surface area is 166 Å². The van der Waals surface area contributed by atoms with Gasteiger partial charge >= 0.3 is 0 Å². The molecule has 0 radical (unpaired) electrons. The van der Waals surface area contributed by atoms with E-state index in [2.05, 4.69) is 34.7 Å². The van der Waals surface area contributed by atoms with Crippen molar-refractivity contribution in [3.63, 3.8) is 0 Å². The molecule has 2 rings (SSSR count). The van der Waals surface area contributed by atoms with Crippen molar-refractivity contribution in [3.05, 3.63) is 65.2 Å². The number of nitrogens with two attached hydrogens (primary N) is 1. The van der Waals surface area contributed by atoms with Crippen molar-refractivity contribution in [1.82, 2.24) is 5.32 Å². The topological polar surface area (TPSA) is 79.5 Å². The first kappa shape index (κ1) is 21.0. The van der Waals surface area contributed by atoms with Crippen molar-refractivity contribution in [2.75, 3.05) is 18.9 Å². The monoisotopic (exact) mass is 452 g/mol. The van der Waals surface area contributed by atoms with Crippen molar-refractivity contribution >= 4 is 41.5 Å². The van der Waals surface area contributed by atoms with E-state index < -0.39 is 0 Å². The number of nitrogens with one attached hydrogen (secondary N) is 2. The molecule has 0 aromatic heterocycles. The Balaban J connectivity index is 0.00000312. The number of amides is 1. The first-order valence-corrected chi connectivity index (χ1v) is 8.09. The molecule has 0 unspecified atom stereocenters. The highest BCUT2D eigenvalue weighted by molar-refractivity contribution is 14.0. The van der Waals surface area contributed by atoms with Gasteiger partial charge < -0.3 is 16.4 Å². The van der Waals surface area contributed by atoms with Crippen LogP contribution in [-0.4, -0.2) is 25.5 Å². The second-order valence-electron chi connectivity index (χ2n) is 5.47. The van der Waals surface area contributed by atoms with Gasteiger partial charge in [0.1, 0.15) is 0 Å². The summed E-state index contributed by atoms with van der Waals surface area (Å²) in [6.07, 6.45) is 1.74. The maximum absolute atomic E-state index is 11.6. The summed E-state index contributed by atoms with van der Waals surface area (Å²) in [4.78, 5) is 16.0. The molecule has 0 atom stereocenters. The summed E-state index contributed by atoms with van der Waals surface area (Å²) >= 11 is 0. The number of nitrogens with zero attached hydrogens (tertiary/aromatic N) is 1. The maximum atomic E-state index is 11.6. The molecule has 0 heterocycles. The average Bonchev–Trinajstić information content (AvgIpc) is 2.62. The van der Waals surface area contributed by atoms with Gasteiger partial charge in [-0.15, -0.1) is 24.0 Å². The summed E-state index contributed by atoms with van der Waals surface area (Å²) in [5.41, 5.74) is 9.83. The summed E-state index contributed by atoms with van der Waals surface area (Å²) < 4.78 is 0. The molecule has 6 heteroatoms. The van der Waals surface area contributed by atoms with Crippen LogP contribution in [-0.2, 0) is 12.8 Å². The van der Waals surface area contributed by atoms with Gasteiger partial charge in [0, 0.05) is 24.8 Å². The number of aliphatic imine (C=N–C) groups is 1. The van der Waals surface area contributed by atoms with Crippen LogP contribution < -0.4 is 16.4 Å². The van der Waals surface area contributed by atoms with Crippen LogP contribution in [0.5, 0.6) is 0 Å². The van der Waals surface area contributed by atoms with Crippen LogP contribution in [0, 0.1) is 0 Å². The van der Waals surface area contributed by atoms with Crippen LogP contribution in [0.2, 0.25) is 0 Å². The van der Waals surface area contributed by atoms with Crippen LogP contribution in [0.25, 0.3) is 0 Å². The summed E-state index contributed by atoms with van der Waals surface area (Å²) in [6.45, 7) is 2.68. The number of aryl methyl sites for hydroxylation is 1. The Bertz CT molecular complexity index is 714. The third-order valence-electron chi connectivity index (χ3n) is 3.73. The Kier molecular flexibility index (Phi) is 8.98. The molecule has 25 heavy (non-hydrogen) atoms. The number of hydrogen-bond acceptors (Lipinski definition) is 2. The molecule has 0 saturated carbocycles. The van der Waals surface area contributed by atoms with Crippen molar-refractivity contribution < 1.29 is 4.79 Å². The number of benzene rings is 2. The van der Waals surface area contributed by atoms with Crippen molar-refractivity contribution in [3.8, 4) is 0 Å². The first-order valence-electron chi connectivity index (χ1n) is 8.09. The fraction of sp³-hybridized carbons (Fsp3) is 0.263. The van der Waals surface area contributed by atoms with Gasteiger partial charge in [-0.1, -0.05) is 31.2 Å². The van der Waals surface area contributed by atoms with Gasteiger partial charge in [0.25, 0.3) is 5.91 Å². The molecule has 2 aromatic carbocycles. The van der Waals surface area contributed by atoms with Crippen LogP contribution >= 0.6 is 24.0 Å². The lowest BCUT2D eigenvalue weighted by Crippen LogP contribution is -2.23. The minimum atomic E-state index is -0.0861. The van der Waals surface area contributed by atoms with E-state index >= 15 is 0 Å². The van der Waals surface area contributed by atoms with E-state index in [-0.39, 0.29) is 29.9 Å². The summed E-state index contributed by atoms with van der Waals surface area (Å²) in [6, 6.07) is 15.7. The van der Waals surface area contributed by atoms with Gasteiger partial charge in [-0.2, -0.15) is 0 Å². The SMILES string of the molecule is CCc1ccc(NC(N)=NCCc2cccc(C(=O)NC)c2)cc1.I. The lowest BCUT2D eigenvalue weighted by atomic mass is 10.1. The summed E-state index contributed by atoms with van der Waals surface area (Å²) in [5.74, 6) is 0.304. The number of anilines is 1. The molecule has 4 N–H and O–H groups in total. The zero-order valence-corrected chi connectivity index (χ0v) is 16.9. The zero-order chi connectivity index (χ0) is 17.4. The van der Waals surface area contributed by atoms with Gasteiger partial charge in [0.15, 0.2) is 5.96 Å². The van der Waals surface area contributed by atoms with Crippen LogP contribution in [0.4, 0.5) is 5.69 Å². The number of carbonyl (C=O) groups excluding carboxylic acids is 1. The molecule has 134 valence electrons. The highest BCUT2D eigenvalue weighted by Gasteiger charge is 2.03. The standard InChI is InChI=1S/C19H24N4O.HI/c1-3-14-7-9-17(10-8-14)23-19(20)22-12-11-15-5-4-6-16(13-15)18(24)21-2;/h4-10,13H,3,11-12H2,1-2H3,(H,21,24)(H3,20,22,23);1H. The maximum Gasteiger partial charge on any atom is 0.251 e. The van der Waals surface area contributed by atoms with Crippen LogP contribution in [0.15, 0.2) is 53.5 Å². The molecular formula is C19H25IN4O. The van der Waals surface area contributed by atoms with Crippen molar-refractivity contribution in [2.45, 2.75) is 19.8 Å². The quantitative estimate of drug-likeness (QED) is 0.358. The molecule has 0 spiro atoms. The van der Waals surface area contributed by atoms with Crippen LogP contribution in [0.1, 0.15) is 28.4 Å². The largest absolute Gasteiger partial charge is 0.370 e. The minimum Gasteiger partial charge on any atom is -0.370 e. The molecule has 0 fully saturated rings. The normalized spacial score (nSPS) is 10.7. The van der Waals surface area contributed by atoms with Gasteiger partial charge in [-0.05, 0) is 48.2 Å². The van der Waals surface area contributed by atoms with Gasteiger partial charge in [0.2, 0.25) is 0 Å². The Morgan fingerprint density at radius 1 is 1.12 bits per heavy atom. The Hall–Kier alpha value is -2.09. The molecule has 0 aliphatic heterocycles. The molecule has 5 nitrogen and oxygen atoms in total. The lowest BCUT2D eigenvalue weighted by molar-refractivity contribution is 0.0963. The van der Waals surface area contributed by atoms with Crippen molar-refractivity contribution in [1.29, 1.82) is 0 Å². The van der Waals surface area contributed by atoms with Crippen molar-refractivity contribution in [2.24, 2.45) is 10.7 Å². The molecule has 2 aromatic rings. The highest BCUT2D eigenvalue weighted by atomic mass is 127. The molecule has 0 aliphatic carbocycles. The fourth-order valence-electron chi connectivity index (χ4n) is 2.33. The number of hydrogen-bond donors (Lipinski definition) is 3. The average molecular weight is 452 g/mol. The third-order valence-corrected chi connectivity index (χ3v) is 3.73. The number of carbonyl (C=O) groups is 1. The highest BCUT2D eigenvalue weighted by Crippen LogP contribution is 2.10. The summed E-state index contributed by atoms with van der Waals surface area (Å²) in [7, 11) is 1.62. The molecule has 0 aliphatic rings. The number of halogens is 1. The third kappa shape index (κ3) is 6.74. The van der Waals surface area contributed by atoms with E-state index in [0.717, 1.165) is 24.1 Å². The Morgan fingerprint density at radius 3 is 2.48 bits per heavy atom. The molecule has 0 bridgehead atoms. The van der Waals surface area contributed by atoms with E-state index in [1.165, 1.54) is 5.56 Å². The second-order valence-corrected chi connectivity index (χ2v) is 5.47. The molecule has 1 amide bonds. The zero-order valence-electron chi connectivity index (χ0n) is 14.6. The van der Waals surface area contributed by atoms with Gasteiger partial charge in [0.05, 0.1) is 0 Å². The second kappa shape index (κ2) is 10.7. The first-order chi connectivity index (χ1) is 11.6. The van der Waals surface area contributed by atoms with Crippen LogP contribution in [0.3, 0.4) is 0 Å². The summed E-state index contributed by atoms with van der Waals surface area (Å²) in [5, 5.41) is 5.70. The lowest BCUT2D eigenvalue weighted by Gasteiger charge is -2.07. The Morgan fingerprint density at radius 2 is 1.84 bits per heavy atom. The molecule has 0 saturated heterocycles. The van der Waals surface area contributed by atoms with E-state index in [4.69, 9.17) is 5.73 Å². The van der Waals surface area contributed by atoms with E-state index in [1.807, 2.05) is 30.3 Å². The number of guanidine groups is 1. The molecular weight excluding hydrogens is 427 g/mol. The minimum absolute atomic E-state index is 0. The van der Waals surface area contributed by atoms with E-state index in [9.17, 15) is 4.79 Å². The van der Waals surface area contributed by atoms with Gasteiger partial charge in [-0.3, -0.25) is 9.79 Å². The van der Waals surface area contributed by atoms with Gasteiger partial charge in [-0.25, -0.2) is 0 Å². The predicted molar refractivity (Wildman–Crippen MR) is 115 cm³/mol. The number of rotatable bonds is 6. The van der Waals surface area contributed by atoms with E-state index in [1.54, 1.807) is 13.1 Å². The van der Waals surface area contributed by atoms with E-state index in [0.29, 0.717) is 18.1 Å².